The van der Waals surface area contributed by atoms with Gasteiger partial charge in [-0.15, -0.1) is 0 Å². The summed E-state index contributed by atoms with van der Waals surface area (Å²) >= 11 is 8.03. The van der Waals surface area contributed by atoms with Gasteiger partial charge in [0.05, 0.1) is 6.04 Å². The lowest BCUT2D eigenvalue weighted by atomic mass is 9.92. The molecule has 1 aromatic carbocycles. The van der Waals surface area contributed by atoms with E-state index in [4.69, 9.17) is 17.3 Å². The molecule has 1 aliphatic heterocycles. The van der Waals surface area contributed by atoms with Gasteiger partial charge < -0.3 is 15.4 Å². The number of benzene rings is 1. The van der Waals surface area contributed by atoms with E-state index in [1.165, 1.54) is 21.7 Å². The van der Waals surface area contributed by atoms with Crippen molar-refractivity contribution >= 4 is 29.5 Å². The minimum atomic E-state index is -0.202. The molecule has 1 heterocycles. The molecule has 3 N–H and O–H groups in total. The summed E-state index contributed by atoms with van der Waals surface area (Å²) in [4.78, 5) is 12.0. The van der Waals surface area contributed by atoms with Gasteiger partial charge in [-0.05, 0) is 67.4 Å². The molecule has 146 valence electrons. The monoisotopic (exact) mass is 405 g/mol. The Balaban J connectivity index is 1.69. The number of allylic oxidation sites excluding steroid dienone is 2. The Morgan fingerprint density at radius 1 is 1.33 bits per heavy atom. The fraction of sp³-hybridized carbons (Fsp3) is 0.476. The number of unbranched alkanes of at least 4 members (excludes halogenated alkanes) is 3. The van der Waals surface area contributed by atoms with E-state index < -0.39 is 0 Å². The summed E-state index contributed by atoms with van der Waals surface area (Å²) < 4.78 is 2.29. The van der Waals surface area contributed by atoms with Crippen molar-refractivity contribution in [1.82, 2.24) is 9.62 Å². The van der Waals surface area contributed by atoms with Crippen LogP contribution >= 0.6 is 23.5 Å². The van der Waals surface area contributed by atoms with Gasteiger partial charge in [-0.1, -0.05) is 42.7 Å². The summed E-state index contributed by atoms with van der Waals surface area (Å²) in [6.07, 6.45) is 11.4. The lowest BCUT2D eigenvalue weighted by Crippen LogP contribution is -2.26. The first-order valence-electron chi connectivity index (χ1n) is 9.68. The fourth-order valence-electron chi connectivity index (χ4n) is 3.71. The quantitative estimate of drug-likeness (QED) is 0.474. The zero-order valence-electron chi connectivity index (χ0n) is 15.8. The van der Waals surface area contributed by atoms with Crippen LogP contribution in [0.2, 0.25) is 5.02 Å². The SMILES string of the molecule is CN1Sc2cc(Cl)ccc2C(NCCCCCCC(N)=O)C2=C1CCC=C2. The highest BCUT2D eigenvalue weighted by atomic mass is 35.5. The number of carbonyl (C=O) groups excluding carboxylic acids is 1. The number of fused-ring (bicyclic) bond motifs is 1. The van der Waals surface area contributed by atoms with Gasteiger partial charge >= 0.3 is 0 Å². The third kappa shape index (κ3) is 5.31. The number of halogens is 1. The van der Waals surface area contributed by atoms with Crippen LogP contribution in [0.3, 0.4) is 0 Å². The molecular formula is C21H28ClN3OS. The van der Waals surface area contributed by atoms with Crippen LogP contribution in [0.4, 0.5) is 0 Å². The zero-order valence-corrected chi connectivity index (χ0v) is 17.4. The Hall–Kier alpha value is -1.43. The second-order valence-electron chi connectivity index (χ2n) is 7.13. The molecule has 0 bridgehead atoms. The summed E-state index contributed by atoms with van der Waals surface area (Å²) in [6.45, 7) is 0.947. The van der Waals surface area contributed by atoms with Crippen molar-refractivity contribution in [2.24, 2.45) is 5.73 Å². The Labute approximate surface area is 171 Å². The third-order valence-corrected chi connectivity index (χ3v) is 6.37. The van der Waals surface area contributed by atoms with Crippen molar-refractivity contribution in [2.45, 2.75) is 55.9 Å². The highest BCUT2D eigenvalue weighted by molar-refractivity contribution is 7.97. The number of primary amides is 1. The molecule has 2 aliphatic rings. The molecule has 1 amide bonds. The van der Waals surface area contributed by atoms with E-state index in [9.17, 15) is 4.79 Å². The number of carbonyl (C=O) groups is 1. The van der Waals surface area contributed by atoms with Crippen molar-refractivity contribution in [3.05, 3.63) is 52.2 Å². The Kier molecular flexibility index (Phi) is 7.27. The minimum absolute atomic E-state index is 0.187. The van der Waals surface area contributed by atoms with Crippen LogP contribution in [0, 0.1) is 0 Å². The summed E-state index contributed by atoms with van der Waals surface area (Å²) in [5.74, 6) is -0.202. The van der Waals surface area contributed by atoms with E-state index in [2.05, 4.69) is 41.0 Å². The van der Waals surface area contributed by atoms with E-state index >= 15 is 0 Å². The summed E-state index contributed by atoms with van der Waals surface area (Å²) in [6, 6.07) is 6.39. The van der Waals surface area contributed by atoms with Gasteiger partial charge in [-0.25, -0.2) is 0 Å². The zero-order chi connectivity index (χ0) is 19.2. The van der Waals surface area contributed by atoms with Gasteiger partial charge in [0.1, 0.15) is 0 Å². The van der Waals surface area contributed by atoms with Crippen LogP contribution in [0.25, 0.3) is 0 Å². The van der Waals surface area contributed by atoms with E-state index in [1.54, 1.807) is 11.9 Å². The van der Waals surface area contributed by atoms with Crippen LogP contribution in [0.1, 0.15) is 56.6 Å². The molecule has 0 spiro atoms. The first-order chi connectivity index (χ1) is 13.1. The molecule has 3 rings (SSSR count). The molecule has 1 aromatic rings. The van der Waals surface area contributed by atoms with Crippen molar-refractivity contribution in [2.75, 3.05) is 13.6 Å². The minimum Gasteiger partial charge on any atom is -0.370 e. The second-order valence-corrected chi connectivity index (χ2v) is 8.74. The summed E-state index contributed by atoms with van der Waals surface area (Å²) in [7, 11) is 2.14. The average Bonchev–Trinajstić information content (AvgIpc) is 2.75. The average molecular weight is 406 g/mol. The van der Waals surface area contributed by atoms with Crippen LogP contribution < -0.4 is 11.1 Å². The molecule has 0 saturated heterocycles. The topological polar surface area (TPSA) is 58.4 Å². The van der Waals surface area contributed by atoms with Gasteiger partial charge in [-0.2, -0.15) is 0 Å². The number of hydrogen-bond donors (Lipinski definition) is 2. The standard InChI is InChI=1S/C21H28ClN3OS/c1-25-18-9-6-5-8-16(18)21(17-12-11-15(22)14-19(17)27-25)24-13-7-3-2-4-10-20(23)26/h5,8,11-12,14,21,24H,2-4,6-7,9-10,13H2,1H3,(H2,23,26). The van der Waals surface area contributed by atoms with E-state index in [-0.39, 0.29) is 11.9 Å². The maximum atomic E-state index is 10.8. The van der Waals surface area contributed by atoms with E-state index in [1.807, 2.05) is 6.07 Å². The highest BCUT2D eigenvalue weighted by Gasteiger charge is 2.28. The molecule has 4 nitrogen and oxygen atoms in total. The largest absolute Gasteiger partial charge is 0.370 e. The van der Waals surface area contributed by atoms with Crippen LogP contribution in [0.5, 0.6) is 0 Å². The van der Waals surface area contributed by atoms with Gasteiger partial charge in [-0.3, -0.25) is 4.79 Å². The van der Waals surface area contributed by atoms with Crippen molar-refractivity contribution in [3.63, 3.8) is 0 Å². The predicted molar refractivity (Wildman–Crippen MR) is 113 cm³/mol. The van der Waals surface area contributed by atoms with Crippen LogP contribution in [-0.4, -0.2) is 23.8 Å². The van der Waals surface area contributed by atoms with Gasteiger partial charge in [0.2, 0.25) is 5.91 Å². The second kappa shape index (κ2) is 9.67. The molecular weight excluding hydrogens is 378 g/mol. The van der Waals surface area contributed by atoms with Crippen molar-refractivity contribution in [3.8, 4) is 0 Å². The number of nitrogens with one attached hydrogen (secondary N) is 1. The number of nitrogens with zero attached hydrogens (tertiary/aromatic N) is 1. The molecule has 0 aromatic heterocycles. The van der Waals surface area contributed by atoms with Crippen LogP contribution in [-0.2, 0) is 4.79 Å². The van der Waals surface area contributed by atoms with E-state index in [0.717, 1.165) is 50.1 Å². The third-order valence-electron chi connectivity index (χ3n) is 5.09. The normalized spacial score (nSPS) is 18.9. The molecule has 1 atom stereocenters. The van der Waals surface area contributed by atoms with Crippen molar-refractivity contribution < 1.29 is 4.79 Å². The number of rotatable bonds is 8. The molecule has 0 fully saturated rings. The predicted octanol–water partition coefficient (Wildman–Crippen LogP) is 4.96. The highest BCUT2D eigenvalue weighted by Crippen LogP contribution is 2.44. The first kappa shape index (κ1) is 20.3. The maximum Gasteiger partial charge on any atom is 0.217 e. The molecule has 1 unspecified atom stereocenters. The Bertz CT molecular complexity index is 747. The lowest BCUT2D eigenvalue weighted by Gasteiger charge is -2.26. The fourth-order valence-corrected chi connectivity index (χ4v) is 5.02. The summed E-state index contributed by atoms with van der Waals surface area (Å²) in [5.41, 5.74) is 9.25. The first-order valence-corrected chi connectivity index (χ1v) is 10.8. The van der Waals surface area contributed by atoms with E-state index in [0.29, 0.717) is 6.42 Å². The molecule has 0 radical (unpaired) electrons. The number of nitrogens with two attached hydrogens (primary N) is 1. The van der Waals surface area contributed by atoms with Gasteiger partial charge in [0, 0.05) is 29.1 Å². The molecule has 1 aliphatic carbocycles. The van der Waals surface area contributed by atoms with Gasteiger partial charge in [0.15, 0.2) is 0 Å². The van der Waals surface area contributed by atoms with Crippen LogP contribution in [0.15, 0.2) is 46.5 Å². The van der Waals surface area contributed by atoms with Gasteiger partial charge in [0.25, 0.3) is 0 Å². The Morgan fingerprint density at radius 3 is 2.96 bits per heavy atom. The maximum absolute atomic E-state index is 10.8. The lowest BCUT2D eigenvalue weighted by molar-refractivity contribution is -0.118. The Morgan fingerprint density at radius 2 is 2.15 bits per heavy atom. The molecule has 6 heteroatoms. The summed E-state index contributed by atoms with van der Waals surface area (Å²) in [5, 5.41) is 4.55. The van der Waals surface area contributed by atoms with Crippen molar-refractivity contribution in [1.29, 1.82) is 0 Å². The number of hydrogen-bond acceptors (Lipinski definition) is 4. The molecule has 0 saturated carbocycles. The molecule has 27 heavy (non-hydrogen) atoms. The number of amides is 1. The smallest absolute Gasteiger partial charge is 0.217 e.